The first-order chi connectivity index (χ1) is 11.1. The van der Waals surface area contributed by atoms with Gasteiger partial charge in [-0.1, -0.05) is 12.1 Å². The standard InChI is InChI=1S/C15H10F4N2O2S/c16-14-7-11(4-5-13(14)15(17,18)19)9-21-24(22,23)12-3-1-2-10(6-12)8-20/h1-7,21H,9H2. The first kappa shape index (κ1) is 17.9. The van der Waals surface area contributed by atoms with Crippen LogP contribution in [0.25, 0.3) is 0 Å². The summed E-state index contributed by atoms with van der Waals surface area (Å²) in [7, 11) is -3.99. The van der Waals surface area contributed by atoms with Crippen molar-refractivity contribution < 1.29 is 26.0 Å². The van der Waals surface area contributed by atoms with Gasteiger partial charge in [0.2, 0.25) is 10.0 Å². The van der Waals surface area contributed by atoms with Crippen molar-refractivity contribution >= 4 is 10.0 Å². The summed E-state index contributed by atoms with van der Waals surface area (Å²) < 4.78 is 77.2. The van der Waals surface area contributed by atoms with Crippen LogP contribution in [0.3, 0.4) is 0 Å². The number of sulfonamides is 1. The molecule has 0 spiro atoms. The van der Waals surface area contributed by atoms with Crippen LogP contribution in [0.1, 0.15) is 16.7 Å². The van der Waals surface area contributed by atoms with Crippen LogP contribution in [0.4, 0.5) is 17.6 Å². The number of nitrogens with zero attached hydrogens (tertiary/aromatic N) is 1. The molecule has 0 bridgehead atoms. The number of benzene rings is 2. The molecule has 1 N–H and O–H groups in total. The zero-order valence-electron chi connectivity index (χ0n) is 11.9. The van der Waals surface area contributed by atoms with Gasteiger partial charge in [-0.15, -0.1) is 0 Å². The van der Waals surface area contributed by atoms with Gasteiger partial charge in [-0.2, -0.15) is 18.4 Å². The maximum atomic E-state index is 13.5. The number of nitrogens with one attached hydrogen (secondary N) is 1. The molecule has 0 radical (unpaired) electrons. The van der Waals surface area contributed by atoms with E-state index in [0.717, 1.165) is 12.1 Å². The molecule has 0 amide bonds. The fraction of sp³-hybridized carbons (Fsp3) is 0.133. The molecular formula is C15H10F4N2O2S. The second-order valence-electron chi connectivity index (χ2n) is 4.78. The van der Waals surface area contributed by atoms with E-state index in [1.165, 1.54) is 18.2 Å². The van der Waals surface area contributed by atoms with Gasteiger partial charge >= 0.3 is 6.18 Å². The lowest BCUT2D eigenvalue weighted by atomic mass is 10.1. The second-order valence-corrected chi connectivity index (χ2v) is 6.54. The van der Waals surface area contributed by atoms with Gasteiger partial charge in [-0.25, -0.2) is 17.5 Å². The van der Waals surface area contributed by atoms with Gasteiger partial charge in [0, 0.05) is 6.54 Å². The summed E-state index contributed by atoms with van der Waals surface area (Å²) in [5.41, 5.74) is -1.25. The molecule has 0 aromatic heterocycles. The number of hydrogen-bond donors (Lipinski definition) is 1. The maximum absolute atomic E-state index is 13.5. The van der Waals surface area contributed by atoms with E-state index in [2.05, 4.69) is 4.72 Å². The normalized spacial score (nSPS) is 12.0. The smallest absolute Gasteiger partial charge is 0.207 e. The van der Waals surface area contributed by atoms with E-state index in [1.807, 2.05) is 0 Å². The third-order valence-corrected chi connectivity index (χ3v) is 4.48. The zero-order valence-corrected chi connectivity index (χ0v) is 12.7. The third kappa shape index (κ3) is 4.10. The van der Waals surface area contributed by atoms with E-state index >= 15 is 0 Å². The molecule has 0 saturated heterocycles. The van der Waals surface area contributed by atoms with Crippen molar-refractivity contribution in [3.63, 3.8) is 0 Å². The van der Waals surface area contributed by atoms with E-state index in [-0.39, 0.29) is 16.0 Å². The molecule has 0 unspecified atom stereocenters. The summed E-state index contributed by atoms with van der Waals surface area (Å²) in [4.78, 5) is -0.172. The van der Waals surface area contributed by atoms with Gasteiger partial charge in [0.15, 0.2) is 0 Å². The Kier molecular flexibility index (Phi) is 4.91. The molecule has 0 aliphatic heterocycles. The van der Waals surface area contributed by atoms with Crippen molar-refractivity contribution in [2.45, 2.75) is 17.6 Å². The second kappa shape index (κ2) is 6.59. The van der Waals surface area contributed by atoms with Crippen LogP contribution in [-0.2, 0) is 22.7 Å². The van der Waals surface area contributed by atoms with E-state index < -0.39 is 34.1 Å². The quantitative estimate of drug-likeness (QED) is 0.854. The summed E-state index contributed by atoms with van der Waals surface area (Å²) in [6.45, 7) is -0.395. The molecule has 9 heteroatoms. The van der Waals surface area contributed by atoms with Crippen LogP contribution in [0.2, 0.25) is 0 Å². The number of nitriles is 1. The molecule has 126 valence electrons. The van der Waals surface area contributed by atoms with Gasteiger partial charge < -0.3 is 0 Å². The highest BCUT2D eigenvalue weighted by molar-refractivity contribution is 7.89. The highest BCUT2D eigenvalue weighted by atomic mass is 32.2. The molecular weight excluding hydrogens is 348 g/mol. The van der Waals surface area contributed by atoms with Gasteiger partial charge in [0.05, 0.1) is 22.1 Å². The van der Waals surface area contributed by atoms with Crippen LogP contribution in [0.15, 0.2) is 47.4 Å². The summed E-state index contributed by atoms with van der Waals surface area (Å²) in [6.07, 6.45) is -4.82. The average Bonchev–Trinajstić information content (AvgIpc) is 2.52. The molecule has 2 rings (SSSR count). The van der Waals surface area contributed by atoms with Gasteiger partial charge in [-0.05, 0) is 35.9 Å². The van der Waals surface area contributed by atoms with Crippen molar-refractivity contribution in [3.05, 3.63) is 65.0 Å². The minimum atomic E-state index is -4.82. The minimum absolute atomic E-state index is 0.0283. The Bertz CT molecular complexity index is 902. The Labute approximate surface area is 135 Å². The fourth-order valence-electron chi connectivity index (χ4n) is 1.89. The number of alkyl halides is 3. The lowest BCUT2D eigenvalue weighted by molar-refractivity contribution is -0.140. The van der Waals surface area contributed by atoms with Gasteiger partial charge in [-0.3, -0.25) is 0 Å². The van der Waals surface area contributed by atoms with Crippen LogP contribution >= 0.6 is 0 Å². The molecule has 2 aromatic rings. The first-order valence-corrected chi connectivity index (χ1v) is 7.97. The Morgan fingerprint density at radius 1 is 1.12 bits per heavy atom. The molecule has 4 nitrogen and oxygen atoms in total. The molecule has 0 aliphatic carbocycles. The Morgan fingerprint density at radius 3 is 2.42 bits per heavy atom. The highest BCUT2D eigenvalue weighted by Crippen LogP contribution is 2.31. The Morgan fingerprint density at radius 2 is 1.83 bits per heavy atom. The number of hydrogen-bond acceptors (Lipinski definition) is 3. The van der Waals surface area contributed by atoms with Crippen LogP contribution < -0.4 is 4.72 Å². The van der Waals surface area contributed by atoms with Crippen molar-refractivity contribution in [2.75, 3.05) is 0 Å². The summed E-state index contributed by atoms with van der Waals surface area (Å²) in [5.74, 6) is -1.48. The molecule has 0 fully saturated rings. The zero-order chi connectivity index (χ0) is 18.0. The molecule has 2 aromatic carbocycles. The highest BCUT2D eigenvalue weighted by Gasteiger charge is 2.33. The van der Waals surface area contributed by atoms with Gasteiger partial charge in [0.25, 0.3) is 0 Å². The predicted octanol–water partition coefficient (Wildman–Crippen LogP) is 3.19. The lowest BCUT2D eigenvalue weighted by Gasteiger charge is -2.10. The molecule has 0 atom stereocenters. The predicted molar refractivity (Wildman–Crippen MR) is 76.6 cm³/mol. The maximum Gasteiger partial charge on any atom is 0.419 e. The van der Waals surface area contributed by atoms with Crippen molar-refractivity contribution in [1.29, 1.82) is 5.26 Å². The third-order valence-electron chi connectivity index (χ3n) is 3.08. The topological polar surface area (TPSA) is 70.0 Å². The molecule has 0 aliphatic rings. The van der Waals surface area contributed by atoms with Gasteiger partial charge in [0.1, 0.15) is 5.82 Å². The van der Waals surface area contributed by atoms with E-state index in [4.69, 9.17) is 5.26 Å². The van der Waals surface area contributed by atoms with Crippen LogP contribution in [-0.4, -0.2) is 8.42 Å². The van der Waals surface area contributed by atoms with Crippen LogP contribution in [0, 0.1) is 17.1 Å². The fourth-order valence-corrected chi connectivity index (χ4v) is 2.96. The Balaban J connectivity index is 2.18. The minimum Gasteiger partial charge on any atom is -0.207 e. The largest absolute Gasteiger partial charge is 0.419 e. The number of halogens is 4. The SMILES string of the molecule is N#Cc1cccc(S(=O)(=O)NCc2ccc(C(F)(F)F)c(F)c2)c1. The first-order valence-electron chi connectivity index (χ1n) is 6.49. The summed E-state index contributed by atoms with van der Waals surface area (Å²) >= 11 is 0. The monoisotopic (exact) mass is 358 g/mol. The van der Waals surface area contributed by atoms with E-state index in [0.29, 0.717) is 12.1 Å². The Hall–Kier alpha value is -2.44. The number of rotatable bonds is 4. The average molecular weight is 358 g/mol. The molecule has 0 heterocycles. The van der Waals surface area contributed by atoms with Crippen molar-refractivity contribution in [2.24, 2.45) is 0 Å². The lowest BCUT2D eigenvalue weighted by Crippen LogP contribution is -2.23. The van der Waals surface area contributed by atoms with E-state index in [1.54, 1.807) is 6.07 Å². The molecule has 24 heavy (non-hydrogen) atoms. The van der Waals surface area contributed by atoms with Crippen LogP contribution in [0.5, 0.6) is 0 Å². The summed E-state index contributed by atoms with van der Waals surface area (Å²) in [6, 6.07) is 9.16. The van der Waals surface area contributed by atoms with Crippen molar-refractivity contribution in [1.82, 2.24) is 4.72 Å². The summed E-state index contributed by atoms with van der Waals surface area (Å²) in [5, 5.41) is 8.76. The van der Waals surface area contributed by atoms with Crippen molar-refractivity contribution in [3.8, 4) is 6.07 Å². The molecule has 0 saturated carbocycles. The van der Waals surface area contributed by atoms with E-state index in [9.17, 15) is 26.0 Å².